The van der Waals surface area contributed by atoms with Gasteiger partial charge in [0.2, 0.25) is 5.91 Å². The number of hydrogen-bond donors (Lipinski definition) is 2. The van der Waals surface area contributed by atoms with Crippen molar-refractivity contribution in [1.82, 2.24) is 9.47 Å². The fourth-order valence-corrected chi connectivity index (χ4v) is 1.95. The molecule has 6 heteroatoms. The zero-order valence-electron chi connectivity index (χ0n) is 11.8. The summed E-state index contributed by atoms with van der Waals surface area (Å²) in [6, 6.07) is 10.7. The Morgan fingerprint density at radius 2 is 1.81 bits per heavy atom. The molecule has 0 bridgehead atoms. The fraction of sp³-hybridized carbons (Fsp3) is 0.200. The van der Waals surface area contributed by atoms with Crippen LogP contribution in [0.1, 0.15) is 6.92 Å². The number of urea groups is 1. The highest BCUT2D eigenvalue weighted by Crippen LogP contribution is 2.14. The number of nitrogens with one attached hydrogen (secondary N) is 1. The summed E-state index contributed by atoms with van der Waals surface area (Å²) in [6.07, 6.45) is 3.87. The number of nitrogens with zero attached hydrogens (tertiary/aromatic N) is 2. The normalized spacial score (nSPS) is 10.2. The second-order valence-electron chi connectivity index (χ2n) is 4.53. The Balaban J connectivity index is 2.06. The van der Waals surface area contributed by atoms with Crippen molar-refractivity contribution in [2.24, 2.45) is 5.73 Å². The summed E-state index contributed by atoms with van der Waals surface area (Å²) >= 11 is 0. The van der Waals surface area contributed by atoms with Crippen LogP contribution in [0.3, 0.4) is 0 Å². The van der Waals surface area contributed by atoms with Crippen LogP contribution < -0.4 is 11.1 Å². The summed E-state index contributed by atoms with van der Waals surface area (Å²) in [5, 5.41) is 2.68. The van der Waals surface area contributed by atoms with Gasteiger partial charge in [0.15, 0.2) is 0 Å². The van der Waals surface area contributed by atoms with Gasteiger partial charge in [-0.2, -0.15) is 0 Å². The zero-order valence-corrected chi connectivity index (χ0v) is 11.8. The van der Waals surface area contributed by atoms with E-state index in [9.17, 15) is 9.59 Å². The first-order valence-electron chi connectivity index (χ1n) is 6.64. The van der Waals surface area contributed by atoms with E-state index in [1.165, 1.54) is 6.92 Å². The minimum Gasteiger partial charge on any atom is -0.329 e. The highest BCUT2D eigenvalue weighted by Gasteiger charge is 2.16. The van der Waals surface area contributed by atoms with Crippen molar-refractivity contribution >= 4 is 17.6 Å². The highest BCUT2D eigenvalue weighted by molar-refractivity contribution is 6.00. The number of hydrogen-bond acceptors (Lipinski definition) is 3. The van der Waals surface area contributed by atoms with Crippen LogP contribution >= 0.6 is 0 Å². The van der Waals surface area contributed by atoms with Crippen LogP contribution in [0.2, 0.25) is 0 Å². The third-order valence-corrected chi connectivity index (χ3v) is 3.00. The monoisotopic (exact) mass is 286 g/mol. The van der Waals surface area contributed by atoms with Gasteiger partial charge in [-0.05, 0) is 36.4 Å². The maximum Gasteiger partial charge on any atom is 0.328 e. The minimum absolute atomic E-state index is 0.197. The zero-order chi connectivity index (χ0) is 15.2. The number of carbonyl (C=O) groups excluding carboxylic acids is 2. The average Bonchev–Trinajstić information content (AvgIpc) is 2.99. The van der Waals surface area contributed by atoms with Crippen LogP contribution in [0.15, 0.2) is 48.8 Å². The Labute approximate surface area is 123 Å². The number of rotatable bonds is 4. The number of nitrogens with two attached hydrogens (primary N) is 1. The van der Waals surface area contributed by atoms with Crippen molar-refractivity contribution in [3.05, 3.63) is 48.8 Å². The van der Waals surface area contributed by atoms with Gasteiger partial charge in [-0.3, -0.25) is 9.69 Å². The summed E-state index contributed by atoms with van der Waals surface area (Å²) in [4.78, 5) is 24.5. The Morgan fingerprint density at radius 1 is 1.19 bits per heavy atom. The lowest BCUT2D eigenvalue weighted by molar-refractivity contribution is -0.125. The van der Waals surface area contributed by atoms with Crippen LogP contribution in [-0.2, 0) is 4.79 Å². The number of carbonyl (C=O) groups is 2. The van der Waals surface area contributed by atoms with E-state index < -0.39 is 6.03 Å². The highest BCUT2D eigenvalue weighted by atomic mass is 16.2. The summed E-state index contributed by atoms with van der Waals surface area (Å²) in [7, 11) is 0. The molecule has 0 spiro atoms. The van der Waals surface area contributed by atoms with Gasteiger partial charge in [0, 0.05) is 43.8 Å². The Hall–Kier alpha value is -2.60. The van der Waals surface area contributed by atoms with E-state index in [-0.39, 0.29) is 19.0 Å². The fourth-order valence-electron chi connectivity index (χ4n) is 1.95. The average molecular weight is 286 g/mol. The molecule has 2 aromatic rings. The molecule has 0 saturated carbocycles. The van der Waals surface area contributed by atoms with Crippen molar-refractivity contribution < 1.29 is 9.59 Å². The first-order chi connectivity index (χ1) is 10.1. The number of anilines is 1. The van der Waals surface area contributed by atoms with Gasteiger partial charge in [-0.25, -0.2) is 4.79 Å². The maximum absolute atomic E-state index is 12.0. The smallest absolute Gasteiger partial charge is 0.328 e. The molecule has 0 atom stereocenters. The van der Waals surface area contributed by atoms with Crippen molar-refractivity contribution in [2.75, 3.05) is 18.4 Å². The first kappa shape index (κ1) is 14.8. The number of amides is 3. The van der Waals surface area contributed by atoms with Gasteiger partial charge in [0.1, 0.15) is 0 Å². The topological polar surface area (TPSA) is 80.4 Å². The standard InChI is InChI=1S/C15H18N4O2/c1-12(20)19(11-8-16)15(21)17-13-4-6-14(7-5-13)18-9-2-3-10-18/h2-7,9-10H,8,11,16H2,1H3,(H,17,21). The lowest BCUT2D eigenvalue weighted by Gasteiger charge is -2.18. The molecule has 0 unspecified atom stereocenters. The molecule has 0 saturated heterocycles. The molecule has 3 N–H and O–H groups in total. The van der Waals surface area contributed by atoms with Gasteiger partial charge in [-0.15, -0.1) is 0 Å². The van der Waals surface area contributed by atoms with E-state index in [2.05, 4.69) is 5.32 Å². The van der Waals surface area contributed by atoms with Crippen LogP contribution in [0.5, 0.6) is 0 Å². The molecular formula is C15H18N4O2. The Morgan fingerprint density at radius 3 is 2.33 bits per heavy atom. The van der Waals surface area contributed by atoms with E-state index in [4.69, 9.17) is 5.73 Å². The van der Waals surface area contributed by atoms with Crippen molar-refractivity contribution in [1.29, 1.82) is 0 Å². The molecule has 0 fully saturated rings. The number of imide groups is 1. The SMILES string of the molecule is CC(=O)N(CCN)C(=O)Nc1ccc(-n2cccc2)cc1. The molecule has 1 heterocycles. The van der Waals surface area contributed by atoms with Gasteiger partial charge in [0.05, 0.1) is 0 Å². The maximum atomic E-state index is 12.0. The van der Waals surface area contributed by atoms with Crippen LogP contribution in [0.25, 0.3) is 5.69 Å². The van der Waals surface area contributed by atoms with Gasteiger partial charge in [0.25, 0.3) is 0 Å². The molecule has 21 heavy (non-hydrogen) atoms. The summed E-state index contributed by atoms with van der Waals surface area (Å²) in [6.45, 7) is 1.77. The molecule has 1 aromatic heterocycles. The molecule has 110 valence electrons. The number of benzene rings is 1. The van der Waals surface area contributed by atoms with Crippen molar-refractivity contribution in [3.8, 4) is 5.69 Å². The van der Waals surface area contributed by atoms with E-state index in [1.807, 2.05) is 41.2 Å². The largest absolute Gasteiger partial charge is 0.329 e. The third kappa shape index (κ3) is 3.70. The van der Waals surface area contributed by atoms with Crippen molar-refractivity contribution in [2.45, 2.75) is 6.92 Å². The molecule has 6 nitrogen and oxygen atoms in total. The van der Waals surface area contributed by atoms with E-state index in [0.29, 0.717) is 5.69 Å². The second-order valence-corrected chi connectivity index (χ2v) is 4.53. The van der Waals surface area contributed by atoms with Gasteiger partial charge >= 0.3 is 6.03 Å². The lowest BCUT2D eigenvalue weighted by atomic mass is 10.3. The van der Waals surface area contributed by atoms with Crippen LogP contribution in [-0.4, -0.2) is 34.5 Å². The van der Waals surface area contributed by atoms with Crippen molar-refractivity contribution in [3.63, 3.8) is 0 Å². The lowest BCUT2D eigenvalue weighted by Crippen LogP contribution is -2.41. The second kappa shape index (κ2) is 6.71. The summed E-state index contributed by atoms with van der Waals surface area (Å²) in [5.74, 6) is -0.332. The predicted octanol–water partition coefficient (Wildman–Crippen LogP) is 1.82. The number of aromatic nitrogens is 1. The first-order valence-corrected chi connectivity index (χ1v) is 6.64. The van der Waals surface area contributed by atoms with Crippen LogP contribution in [0, 0.1) is 0 Å². The minimum atomic E-state index is -0.471. The molecule has 3 amide bonds. The quantitative estimate of drug-likeness (QED) is 0.899. The van der Waals surface area contributed by atoms with E-state index >= 15 is 0 Å². The molecule has 0 radical (unpaired) electrons. The van der Waals surface area contributed by atoms with E-state index in [0.717, 1.165) is 10.6 Å². The molecule has 0 aliphatic carbocycles. The van der Waals surface area contributed by atoms with Gasteiger partial charge in [-0.1, -0.05) is 0 Å². The Kier molecular flexibility index (Phi) is 4.73. The molecule has 0 aliphatic rings. The predicted molar refractivity (Wildman–Crippen MR) is 81.2 cm³/mol. The van der Waals surface area contributed by atoms with Crippen LogP contribution in [0.4, 0.5) is 10.5 Å². The Bertz CT molecular complexity index is 605. The van der Waals surface area contributed by atoms with Gasteiger partial charge < -0.3 is 15.6 Å². The van der Waals surface area contributed by atoms with E-state index in [1.54, 1.807) is 12.1 Å². The molecular weight excluding hydrogens is 268 g/mol. The summed E-state index contributed by atoms with van der Waals surface area (Å²) < 4.78 is 1.96. The molecule has 0 aliphatic heterocycles. The third-order valence-electron chi connectivity index (χ3n) is 3.00. The summed E-state index contributed by atoms with van der Waals surface area (Å²) in [5.41, 5.74) is 7.01. The molecule has 1 aromatic carbocycles. The molecule has 2 rings (SSSR count).